The van der Waals surface area contributed by atoms with Crippen LogP contribution in [0, 0.1) is 0 Å². The van der Waals surface area contributed by atoms with Crippen LogP contribution in [0.15, 0.2) is 42.6 Å². The van der Waals surface area contributed by atoms with E-state index in [1.807, 2.05) is 30.3 Å². The lowest BCUT2D eigenvalue weighted by atomic mass is 10.3. The largest absolute Gasteiger partial charge is 0.494 e. The van der Waals surface area contributed by atoms with Crippen molar-refractivity contribution in [2.24, 2.45) is 0 Å². The standard InChI is InChI=1S/C15H18N2O2/c1-2-9-18-13-3-5-14(6-4-13)19-11-12-7-8-17-15(16)10-12/h3-8,10H,2,9,11H2,1H3,(H2,16,17). The van der Waals surface area contributed by atoms with Gasteiger partial charge < -0.3 is 15.2 Å². The number of hydrogen-bond donors (Lipinski definition) is 1. The molecule has 19 heavy (non-hydrogen) atoms. The molecule has 0 saturated carbocycles. The lowest BCUT2D eigenvalue weighted by Crippen LogP contribution is -1.98. The van der Waals surface area contributed by atoms with Crippen molar-refractivity contribution < 1.29 is 9.47 Å². The monoisotopic (exact) mass is 258 g/mol. The van der Waals surface area contributed by atoms with Crippen molar-refractivity contribution in [1.82, 2.24) is 4.98 Å². The van der Waals surface area contributed by atoms with Crippen molar-refractivity contribution in [2.75, 3.05) is 12.3 Å². The Morgan fingerprint density at radius 1 is 1.05 bits per heavy atom. The van der Waals surface area contributed by atoms with Gasteiger partial charge in [-0.25, -0.2) is 4.98 Å². The molecule has 0 unspecified atom stereocenters. The zero-order valence-electron chi connectivity index (χ0n) is 11.0. The predicted molar refractivity (Wildman–Crippen MR) is 75.2 cm³/mol. The van der Waals surface area contributed by atoms with Gasteiger partial charge >= 0.3 is 0 Å². The second kappa shape index (κ2) is 6.64. The van der Waals surface area contributed by atoms with Crippen LogP contribution in [-0.4, -0.2) is 11.6 Å². The van der Waals surface area contributed by atoms with Crippen LogP contribution in [0.25, 0.3) is 0 Å². The molecule has 4 nitrogen and oxygen atoms in total. The molecule has 2 aromatic rings. The molecule has 0 saturated heterocycles. The van der Waals surface area contributed by atoms with Crippen LogP contribution in [0.3, 0.4) is 0 Å². The highest BCUT2D eigenvalue weighted by Gasteiger charge is 1.98. The molecular weight excluding hydrogens is 240 g/mol. The van der Waals surface area contributed by atoms with Crippen LogP contribution >= 0.6 is 0 Å². The van der Waals surface area contributed by atoms with Gasteiger partial charge in [0.2, 0.25) is 0 Å². The Bertz CT molecular complexity index is 512. The molecule has 0 spiro atoms. The van der Waals surface area contributed by atoms with Crippen LogP contribution in [0.5, 0.6) is 11.5 Å². The lowest BCUT2D eigenvalue weighted by molar-refractivity contribution is 0.301. The molecule has 0 amide bonds. The van der Waals surface area contributed by atoms with Gasteiger partial charge in [0, 0.05) is 6.20 Å². The quantitative estimate of drug-likeness (QED) is 0.865. The molecule has 2 N–H and O–H groups in total. The van der Waals surface area contributed by atoms with E-state index in [-0.39, 0.29) is 0 Å². The molecule has 2 rings (SSSR count). The fraction of sp³-hybridized carbons (Fsp3) is 0.267. The van der Waals surface area contributed by atoms with E-state index in [1.54, 1.807) is 12.3 Å². The molecule has 1 aromatic heterocycles. The van der Waals surface area contributed by atoms with Gasteiger partial charge in [-0.15, -0.1) is 0 Å². The molecule has 0 bridgehead atoms. The average molecular weight is 258 g/mol. The Morgan fingerprint density at radius 3 is 2.37 bits per heavy atom. The van der Waals surface area contributed by atoms with Crippen molar-refractivity contribution >= 4 is 5.82 Å². The summed E-state index contributed by atoms with van der Waals surface area (Å²) >= 11 is 0. The van der Waals surface area contributed by atoms with Gasteiger partial charge in [-0.3, -0.25) is 0 Å². The Balaban J connectivity index is 1.89. The maximum atomic E-state index is 5.67. The molecule has 100 valence electrons. The number of nitrogens with two attached hydrogens (primary N) is 1. The van der Waals surface area contributed by atoms with Gasteiger partial charge in [0.1, 0.15) is 23.9 Å². The molecule has 1 aromatic carbocycles. The predicted octanol–water partition coefficient (Wildman–Crippen LogP) is 3.03. The number of ether oxygens (including phenoxy) is 2. The first-order valence-electron chi connectivity index (χ1n) is 6.34. The van der Waals surface area contributed by atoms with Crippen molar-refractivity contribution in [3.63, 3.8) is 0 Å². The van der Waals surface area contributed by atoms with E-state index < -0.39 is 0 Å². The summed E-state index contributed by atoms with van der Waals surface area (Å²) in [4.78, 5) is 3.94. The van der Waals surface area contributed by atoms with Crippen LogP contribution in [0.1, 0.15) is 18.9 Å². The summed E-state index contributed by atoms with van der Waals surface area (Å²) in [6.07, 6.45) is 2.68. The Labute approximate surface area is 113 Å². The van der Waals surface area contributed by atoms with Gasteiger partial charge in [0.05, 0.1) is 6.61 Å². The number of rotatable bonds is 6. The first-order valence-corrected chi connectivity index (χ1v) is 6.34. The van der Waals surface area contributed by atoms with Crippen LogP contribution in [0.2, 0.25) is 0 Å². The summed E-state index contributed by atoms with van der Waals surface area (Å²) in [6, 6.07) is 11.3. The van der Waals surface area contributed by atoms with Crippen LogP contribution < -0.4 is 15.2 Å². The molecule has 0 aliphatic heterocycles. The van der Waals surface area contributed by atoms with Crippen molar-refractivity contribution in [1.29, 1.82) is 0 Å². The number of nitrogen functional groups attached to an aromatic ring is 1. The number of hydrogen-bond acceptors (Lipinski definition) is 4. The number of pyridine rings is 1. The minimum absolute atomic E-state index is 0.474. The summed E-state index contributed by atoms with van der Waals surface area (Å²) in [6.45, 7) is 3.29. The maximum Gasteiger partial charge on any atom is 0.123 e. The van der Waals surface area contributed by atoms with Crippen molar-refractivity contribution in [3.8, 4) is 11.5 Å². The molecule has 1 heterocycles. The Kier molecular flexibility index (Phi) is 4.61. The van der Waals surface area contributed by atoms with Gasteiger partial charge in [-0.1, -0.05) is 6.92 Å². The normalized spacial score (nSPS) is 10.2. The second-order valence-corrected chi connectivity index (χ2v) is 4.20. The number of nitrogens with zero attached hydrogens (tertiary/aromatic N) is 1. The third-order valence-corrected chi connectivity index (χ3v) is 2.55. The SMILES string of the molecule is CCCOc1ccc(OCc2ccnc(N)c2)cc1. The van der Waals surface area contributed by atoms with Crippen molar-refractivity contribution in [2.45, 2.75) is 20.0 Å². The number of aromatic nitrogens is 1. The molecule has 0 aliphatic rings. The smallest absolute Gasteiger partial charge is 0.123 e. The summed E-state index contributed by atoms with van der Waals surface area (Å²) in [7, 11) is 0. The molecule has 0 aliphatic carbocycles. The third kappa shape index (κ3) is 4.17. The highest BCUT2D eigenvalue weighted by molar-refractivity contribution is 5.33. The molecule has 4 heteroatoms. The van der Waals surface area contributed by atoms with E-state index in [9.17, 15) is 0 Å². The van der Waals surface area contributed by atoms with E-state index >= 15 is 0 Å². The second-order valence-electron chi connectivity index (χ2n) is 4.20. The maximum absolute atomic E-state index is 5.67. The lowest BCUT2D eigenvalue weighted by Gasteiger charge is -2.08. The fourth-order valence-electron chi connectivity index (χ4n) is 1.60. The zero-order chi connectivity index (χ0) is 13.5. The molecule has 0 atom stereocenters. The van der Waals surface area contributed by atoms with E-state index in [0.717, 1.165) is 30.1 Å². The molecular formula is C15H18N2O2. The third-order valence-electron chi connectivity index (χ3n) is 2.55. The Hall–Kier alpha value is -2.23. The summed E-state index contributed by atoms with van der Waals surface area (Å²) in [5.74, 6) is 2.17. The first kappa shape index (κ1) is 13.2. The summed E-state index contributed by atoms with van der Waals surface area (Å²) in [5.41, 5.74) is 6.61. The van der Waals surface area contributed by atoms with E-state index in [4.69, 9.17) is 15.2 Å². The summed E-state index contributed by atoms with van der Waals surface area (Å²) in [5, 5.41) is 0. The highest BCUT2D eigenvalue weighted by atomic mass is 16.5. The van der Waals surface area contributed by atoms with Crippen LogP contribution in [0.4, 0.5) is 5.82 Å². The van der Waals surface area contributed by atoms with E-state index in [2.05, 4.69) is 11.9 Å². The van der Waals surface area contributed by atoms with Crippen molar-refractivity contribution in [3.05, 3.63) is 48.2 Å². The number of anilines is 1. The van der Waals surface area contributed by atoms with Gasteiger partial charge in [-0.2, -0.15) is 0 Å². The summed E-state index contributed by atoms with van der Waals surface area (Å²) < 4.78 is 11.2. The number of benzene rings is 1. The molecule has 0 fully saturated rings. The Morgan fingerprint density at radius 2 is 1.74 bits per heavy atom. The zero-order valence-corrected chi connectivity index (χ0v) is 11.0. The highest BCUT2D eigenvalue weighted by Crippen LogP contribution is 2.19. The average Bonchev–Trinajstić information content (AvgIpc) is 2.44. The minimum Gasteiger partial charge on any atom is -0.494 e. The first-order chi connectivity index (χ1) is 9.28. The van der Waals surface area contributed by atoms with Gasteiger partial charge in [-0.05, 0) is 48.4 Å². The van der Waals surface area contributed by atoms with Gasteiger partial charge in [0.25, 0.3) is 0 Å². The van der Waals surface area contributed by atoms with E-state index in [0.29, 0.717) is 12.4 Å². The van der Waals surface area contributed by atoms with Gasteiger partial charge in [0.15, 0.2) is 0 Å². The van der Waals surface area contributed by atoms with E-state index in [1.165, 1.54) is 0 Å². The topological polar surface area (TPSA) is 57.4 Å². The minimum atomic E-state index is 0.474. The fourth-order valence-corrected chi connectivity index (χ4v) is 1.60. The van der Waals surface area contributed by atoms with Crippen LogP contribution in [-0.2, 0) is 6.61 Å². The molecule has 0 radical (unpaired) electrons.